The standard InChI is InChI=1S/C20H15ClN2O6S/c21-19-7-2-1-4-15(19)13-22-20(24)14-8-10-17(11-9-14)29-30(27,28)18-6-3-5-16(12-18)23(25)26/h1-12H,13H2,(H,22,24). The molecule has 0 heterocycles. The van der Waals surface area contributed by atoms with Crippen LogP contribution < -0.4 is 9.50 Å². The number of nitrogens with zero attached hydrogens (tertiary/aromatic N) is 1. The minimum Gasteiger partial charge on any atom is -0.379 e. The molecular weight excluding hydrogens is 432 g/mol. The summed E-state index contributed by atoms with van der Waals surface area (Å²) in [6.45, 7) is 0.234. The number of nitro benzene ring substituents is 1. The van der Waals surface area contributed by atoms with Crippen molar-refractivity contribution >= 4 is 33.3 Å². The van der Waals surface area contributed by atoms with Crippen molar-refractivity contribution in [3.63, 3.8) is 0 Å². The number of rotatable bonds is 7. The number of hydrogen-bond donors (Lipinski definition) is 1. The minimum atomic E-state index is -4.27. The molecule has 3 aromatic rings. The fourth-order valence-electron chi connectivity index (χ4n) is 2.51. The summed E-state index contributed by atoms with van der Waals surface area (Å²) in [5.41, 5.74) is 0.683. The molecule has 30 heavy (non-hydrogen) atoms. The molecule has 0 aliphatic heterocycles. The lowest BCUT2D eigenvalue weighted by molar-refractivity contribution is -0.385. The van der Waals surface area contributed by atoms with Gasteiger partial charge in [-0.2, -0.15) is 8.42 Å². The molecule has 0 spiro atoms. The third-order valence-electron chi connectivity index (χ3n) is 4.04. The van der Waals surface area contributed by atoms with Crippen molar-refractivity contribution in [2.75, 3.05) is 0 Å². The maximum Gasteiger partial charge on any atom is 0.339 e. The van der Waals surface area contributed by atoms with Gasteiger partial charge in [0.05, 0.1) is 4.92 Å². The molecule has 0 aromatic heterocycles. The summed E-state index contributed by atoms with van der Waals surface area (Å²) in [5, 5.41) is 14.1. The average molecular weight is 447 g/mol. The number of non-ortho nitro benzene ring substituents is 1. The predicted molar refractivity (Wildman–Crippen MR) is 110 cm³/mol. The monoisotopic (exact) mass is 446 g/mol. The molecule has 3 aromatic carbocycles. The maximum atomic E-state index is 12.3. The number of nitrogens with one attached hydrogen (secondary N) is 1. The van der Waals surface area contributed by atoms with Crippen molar-refractivity contribution in [2.45, 2.75) is 11.4 Å². The highest BCUT2D eigenvalue weighted by Crippen LogP contribution is 2.22. The molecule has 8 nitrogen and oxygen atoms in total. The van der Waals surface area contributed by atoms with Crippen molar-refractivity contribution < 1.29 is 22.3 Å². The first-order valence-corrected chi connectivity index (χ1v) is 10.4. The number of nitro groups is 1. The largest absolute Gasteiger partial charge is 0.379 e. The van der Waals surface area contributed by atoms with Crippen molar-refractivity contribution in [3.05, 3.63) is 99.1 Å². The van der Waals surface area contributed by atoms with E-state index in [0.717, 1.165) is 11.6 Å². The van der Waals surface area contributed by atoms with Gasteiger partial charge in [-0.15, -0.1) is 0 Å². The molecule has 0 saturated carbocycles. The van der Waals surface area contributed by atoms with E-state index in [4.69, 9.17) is 15.8 Å². The predicted octanol–water partition coefficient (Wildman–Crippen LogP) is 3.95. The Morgan fingerprint density at radius 3 is 2.40 bits per heavy atom. The van der Waals surface area contributed by atoms with Gasteiger partial charge in [-0.25, -0.2) is 0 Å². The van der Waals surface area contributed by atoms with E-state index in [1.54, 1.807) is 24.3 Å². The Labute approximate surface area is 177 Å². The molecule has 0 fully saturated rings. The SMILES string of the molecule is O=C(NCc1ccccc1Cl)c1ccc(OS(=O)(=O)c2cccc([N+](=O)[O-])c2)cc1. The lowest BCUT2D eigenvalue weighted by Crippen LogP contribution is -2.22. The van der Waals surface area contributed by atoms with Crippen LogP contribution in [0.5, 0.6) is 5.75 Å². The van der Waals surface area contributed by atoms with Gasteiger partial charge in [-0.1, -0.05) is 35.9 Å². The molecule has 0 atom stereocenters. The molecule has 0 aliphatic rings. The number of halogens is 1. The highest BCUT2D eigenvalue weighted by Gasteiger charge is 2.20. The van der Waals surface area contributed by atoms with Crippen LogP contribution in [0.4, 0.5) is 5.69 Å². The van der Waals surface area contributed by atoms with Crippen LogP contribution in [0.15, 0.2) is 77.7 Å². The van der Waals surface area contributed by atoms with Gasteiger partial charge in [0.1, 0.15) is 10.6 Å². The smallest absolute Gasteiger partial charge is 0.339 e. The summed E-state index contributed by atoms with van der Waals surface area (Å²) in [6.07, 6.45) is 0. The van der Waals surface area contributed by atoms with Gasteiger partial charge < -0.3 is 9.50 Å². The highest BCUT2D eigenvalue weighted by molar-refractivity contribution is 7.87. The minimum absolute atomic E-state index is 0.0378. The summed E-state index contributed by atoms with van der Waals surface area (Å²) in [7, 11) is -4.27. The second-order valence-corrected chi connectivity index (χ2v) is 8.04. The van der Waals surface area contributed by atoms with E-state index in [9.17, 15) is 23.3 Å². The molecule has 1 amide bonds. The Morgan fingerprint density at radius 1 is 1.03 bits per heavy atom. The van der Waals surface area contributed by atoms with Crippen LogP contribution in [0, 0.1) is 10.1 Å². The summed E-state index contributed by atoms with van der Waals surface area (Å²) in [4.78, 5) is 22.1. The van der Waals surface area contributed by atoms with Crippen LogP contribution in [0.2, 0.25) is 5.02 Å². The Morgan fingerprint density at radius 2 is 1.73 bits per heavy atom. The number of carbonyl (C=O) groups is 1. The van der Waals surface area contributed by atoms with E-state index in [-0.39, 0.29) is 28.8 Å². The molecule has 0 unspecified atom stereocenters. The number of amides is 1. The third-order valence-corrected chi connectivity index (χ3v) is 5.65. The van der Waals surface area contributed by atoms with E-state index in [1.807, 2.05) is 0 Å². The summed E-state index contributed by atoms with van der Waals surface area (Å²) in [5.74, 6) is -0.410. The summed E-state index contributed by atoms with van der Waals surface area (Å²) < 4.78 is 29.7. The number of carbonyl (C=O) groups excluding carboxylic acids is 1. The molecule has 0 radical (unpaired) electrons. The van der Waals surface area contributed by atoms with E-state index in [1.165, 1.54) is 42.5 Å². The molecule has 0 aliphatic carbocycles. The average Bonchev–Trinajstić information content (AvgIpc) is 2.73. The third kappa shape index (κ3) is 5.13. The first-order valence-electron chi connectivity index (χ1n) is 8.57. The molecule has 1 N–H and O–H groups in total. The maximum absolute atomic E-state index is 12.3. The van der Waals surface area contributed by atoms with Gasteiger partial charge in [-0.3, -0.25) is 14.9 Å². The normalized spacial score (nSPS) is 11.0. The van der Waals surface area contributed by atoms with Crippen molar-refractivity contribution in [2.24, 2.45) is 0 Å². The quantitative estimate of drug-likeness (QED) is 0.334. The van der Waals surface area contributed by atoms with Gasteiger partial charge in [-0.05, 0) is 42.0 Å². The topological polar surface area (TPSA) is 116 Å². The van der Waals surface area contributed by atoms with Gasteiger partial charge in [0.15, 0.2) is 0 Å². The van der Waals surface area contributed by atoms with Crippen LogP contribution in [-0.2, 0) is 16.7 Å². The highest BCUT2D eigenvalue weighted by atomic mass is 35.5. The fraction of sp³-hybridized carbons (Fsp3) is 0.0500. The van der Waals surface area contributed by atoms with Crippen LogP contribution in [0.1, 0.15) is 15.9 Å². The second-order valence-electron chi connectivity index (χ2n) is 6.09. The molecule has 0 bridgehead atoms. The first kappa shape index (κ1) is 21.3. The fourth-order valence-corrected chi connectivity index (χ4v) is 3.68. The van der Waals surface area contributed by atoms with Crippen molar-refractivity contribution in [3.8, 4) is 5.75 Å². The van der Waals surface area contributed by atoms with Crippen LogP contribution >= 0.6 is 11.6 Å². The summed E-state index contributed by atoms with van der Waals surface area (Å²) >= 11 is 6.05. The van der Waals surface area contributed by atoms with Crippen LogP contribution in [0.3, 0.4) is 0 Å². The van der Waals surface area contributed by atoms with Crippen molar-refractivity contribution in [1.29, 1.82) is 0 Å². The number of hydrogen-bond acceptors (Lipinski definition) is 6. The second kappa shape index (κ2) is 8.93. The lowest BCUT2D eigenvalue weighted by atomic mass is 10.2. The Kier molecular flexibility index (Phi) is 6.34. The first-order chi connectivity index (χ1) is 14.3. The van der Waals surface area contributed by atoms with E-state index in [2.05, 4.69) is 5.32 Å². The van der Waals surface area contributed by atoms with Gasteiger partial charge >= 0.3 is 10.1 Å². The van der Waals surface area contributed by atoms with Crippen LogP contribution in [0.25, 0.3) is 0 Å². The number of benzene rings is 3. The zero-order chi connectivity index (χ0) is 21.7. The lowest BCUT2D eigenvalue weighted by Gasteiger charge is -2.09. The van der Waals surface area contributed by atoms with Gasteiger partial charge in [0.2, 0.25) is 0 Å². The summed E-state index contributed by atoms with van der Waals surface area (Å²) in [6, 6.07) is 17.1. The van der Waals surface area contributed by atoms with E-state index < -0.39 is 15.0 Å². The Balaban J connectivity index is 1.68. The van der Waals surface area contributed by atoms with Gasteiger partial charge in [0, 0.05) is 29.3 Å². The molecular formula is C20H15ClN2O6S. The van der Waals surface area contributed by atoms with E-state index >= 15 is 0 Å². The molecule has 3 rings (SSSR count). The van der Waals surface area contributed by atoms with Crippen LogP contribution in [-0.4, -0.2) is 19.2 Å². The zero-order valence-electron chi connectivity index (χ0n) is 15.3. The Hall–Kier alpha value is -3.43. The van der Waals surface area contributed by atoms with Gasteiger partial charge in [0.25, 0.3) is 11.6 Å². The van der Waals surface area contributed by atoms with E-state index in [0.29, 0.717) is 10.6 Å². The zero-order valence-corrected chi connectivity index (χ0v) is 16.9. The Bertz CT molecular complexity index is 1200. The molecule has 10 heteroatoms. The molecule has 0 saturated heterocycles. The molecule has 154 valence electrons. The van der Waals surface area contributed by atoms with Crippen molar-refractivity contribution in [1.82, 2.24) is 5.32 Å².